The molecule has 1 fully saturated rings. The number of rotatable bonds is 4. The van der Waals surface area contributed by atoms with E-state index in [0.29, 0.717) is 0 Å². The first-order valence-corrected chi connectivity index (χ1v) is 6.78. The van der Waals surface area contributed by atoms with Crippen molar-refractivity contribution in [2.75, 3.05) is 25.7 Å². The molecule has 1 aliphatic heterocycles. The third kappa shape index (κ3) is 2.74. The summed E-state index contributed by atoms with van der Waals surface area (Å²) in [6.07, 6.45) is -5.57. The summed E-state index contributed by atoms with van der Waals surface area (Å²) in [5, 5.41) is 0. The number of methoxy groups -OCH3 is 2. The number of halogens is 5. The third-order valence-electron chi connectivity index (χ3n) is 4.10. The number of benzene rings is 1. The molecule has 0 spiro atoms. The van der Waals surface area contributed by atoms with E-state index in [0.717, 1.165) is 31.3 Å². The molecule has 2 rings (SSSR count). The number of hydrogen-bond donors (Lipinski definition) is 1. The van der Waals surface area contributed by atoms with Crippen LogP contribution in [0.15, 0.2) is 12.1 Å². The number of carbonyl (C=O) groups is 1. The van der Waals surface area contributed by atoms with Crippen molar-refractivity contribution in [2.45, 2.75) is 24.2 Å². The Morgan fingerprint density at radius 3 is 2.42 bits per heavy atom. The van der Waals surface area contributed by atoms with Crippen LogP contribution in [0.25, 0.3) is 0 Å². The molecule has 0 radical (unpaired) electrons. The highest BCUT2D eigenvalue weighted by Gasteiger charge is 2.63. The van der Waals surface area contributed by atoms with Gasteiger partial charge in [0, 0.05) is 13.5 Å². The van der Waals surface area contributed by atoms with Crippen LogP contribution in [0, 0.1) is 11.6 Å². The van der Waals surface area contributed by atoms with Crippen LogP contribution in [0.4, 0.5) is 27.6 Å². The van der Waals surface area contributed by atoms with E-state index in [-0.39, 0.29) is 5.69 Å². The van der Waals surface area contributed by atoms with Gasteiger partial charge >= 0.3 is 6.18 Å². The number of carbonyl (C=O) groups excluding carboxylic acids is 1. The van der Waals surface area contributed by atoms with E-state index in [1.54, 1.807) is 0 Å². The number of anilines is 1. The molecule has 1 aromatic carbocycles. The molecule has 0 bridgehead atoms. The molecule has 1 saturated heterocycles. The molecule has 0 unspecified atom stereocenters. The fourth-order valence-electron chi connectivity index (χ4n) is 2.79. The fraction of sp³-hybridized carbons (Fsp3) is 0.500. The molecule has 1 heterocycles. The number of alkyl halides is 3. The minimum atomic E-state index is -4.80. The van der Waals surface area contributed by atoms with Crippen LogP contribution in [-0.4, -0.2) is 44.5 Å². The average Bonchev–Trinajstić information content (AvgIpc) is 2.91. The van der Waals surface area contributed by atoms with Gasteiger partial charge in [-0.15, -0.1) is 0 Å². The summed E-state index contributed by atoms with van der Waals surface area (Å²) in [6.45, 7) is -0.817. The zero-order valence-corrected chi connectivity index (χ0v) is 12.8. The van der Waals surface area contributed by atoms with Crippen LogP contribution in [0.1, 0.15) is 6.42 Å². The molecule has 1 amide bonds. The molecule has 1 aliphatic rings. The SMILES string of the molecule is COc1c(N2C[C@@](OC)(C(F)(F)F)C[C@H]2C(N)=O)ccc(F)c1F. The van der Waals surface area contributed by atoms with Crippen molar-refractivity contribution >= 4 is 11.6 Å². The van der Waals surface area contributed by atoms with Crippen molar-refractivity contribution in [3.05, 3.63) is 23.8 Å². The Morgan fingerprint density at radius 1 is 1.33 bits per heavy atom. The standard InChI is InChI=1S/C14H15F5N2O3/c1-23-11-8(4-3-7(15)10(11)16)21-6-13(24-2,14(17,18)19)5-9(21)12(20)22/h3-4,9H,5-6H2,1-2H3,(H2,20,22)/t9-,13+/m0/s1. The van der Waals surface area contributed by atoms with E-state index in [1.165, 1.54) is 0 Å². The summed E-state index contributed by atoms with van der Waals surface area (Å²) >= 11 is 0. The molecule has 134 valence electrons. The van der Waals surface area contributed by atoms with Gasteiger partial charge < -0.3 is 20.1 Å². The van der Waals surface area contributed by atoms with Crippen molar-refractivity contribution < 1.29 is 36.2 Å². The zero-order chi connectivity index (χ0) is 18.3. The van der Waals surface area contributed by atoms with E-state index in [4.69, 9.17) is 10.5 Å². The predicted molar refractivity (Wildman–Crippen MR) is 73.7 cm³/mol. The van der Waals surface area contributed by atoms with Gasteiger partial charge in [0.15, 0.2) is 17.2 Å². The highest BCUT2D eigenvalue weighted by atomic mass is 19.4. The fourth-order valence-corrected chi connectivity index (χ4v) is 2.79. The van der Waals surface area contributed by atoms with Crippen LogP contribution < -0.4 is 15.4 Å². The van der Waals surface area contributed by atoms with Gasteiger partial charge in [-0.2, -0.15) is 17.6 Å². The Hall–Kier alpha value is -2.10. The monoisotopic (exact) mass is 354 g/mol. The summed E-state index contributed by atoms with van der Waals surface area (Å²) in [6, 6.07) is 0.325. The van der Waals surface area contributed by atoms with Crippen molar-refractivity contribution in [2.24, 2.45) is 5.73 Å². The molecular weight excluding hydrogens is 339 g/mol. The van der Waals surface area contributed by atoms with Gasteiger partial charge in [-0.1, -0.05) is 0 Å². The van der Waals surface area contributed by atoms with Crippen LogP contribution in [0.5, 0.6) is 5.75 Å². The van der Waals surface area contributed by atoms with Crippen LogP contribution >= 0.6 is 0 Å². The highest BCUT2D eigenvalue weighted by molar-refractivity contribution is 5.85. The first-order chi connectivity index (χ1) is 11.1. The Bertz CT molecular complexity index is 652. The lowest BCUT2D eigenvalue weighted by atomic mass is 9.99. The van der Waals surface area contributed by atoms with Crippen molar-refractivity contribution in [3.63, 3.8) is 0 Å². The van der Waals surface area contributed by atoms with Gasteiger partial charge in [0.05, 0.1) is 19.3 Å². The molecule has 0 saturated carbocycles. The Labute approximate surface area is 134 Å². The molecule has 2 N–H and O–H groups in total. The normalized spacial score (nSPS) is 24.3. The minimum absolute atomic E-state index is 0.219. The average molecular weight is 354 g/mol. The van der Waals surface area contributed by atoms with Crippen LogP contribution in [0.2, 0.25) is 0 Å². The zero-order valence-electron chi connectivity index (χ0n) is 12.8. The van der Waals surface area contributed by atoms with E-state index in [1.807, 2.05) is 0 Å². The van der Waals surface area contributed by atoms with E-state index < -0.39 is 54.1 Å². The first kappa shape index (κ1) is 18.2. The summed E-state index contributed by atoms with van der Waals surface area (Å²) in [5.74, 6) is -4.28. The molecule has 2 atom stereocenters. The lowest BCUT2D eigenvalue weighted by molar-refractivity contribution is -0.261. The van der Waals surface area contributed by atoms with Gasteiger partial charge in [-0.3, -0.25) is 4.79 Å². The minimum Gasteiger partial charge on any atom is -0.491 e. The number of ether oxygens (including phenoxy) is 2. The van der Waals surface area contributed by atoms with Crippen LogP contribution in [-0.2, 0) is 9.53 Å². The largest absolute Gasteiger partial charge is 0.491 e. The number of amides is 1. The smallest absolute Gasteiger partial charge is 0.419 e. The Morgan fingerprint density at radius 2 is 1.96 bits per heavy atom. The van der Waals surface area contributed by atoms with Gasteiger partial charge in [0.1, 0.15) is 6.04 Å². The highest BCUT2D eigenvalue weighted by Crippen LogP contribution is 2.46. The van der Waals surface area contributed by atoms with Crippen molar-refractivity contribution in [1.29, 1.82) is 0 Å². The van der Waals surface area contributed by atoms with E-state index in [9.17, 15) is 26.7 Å². The topological polar surface area (TPSA) is 64.8 Å². The maximum absolute atomic E-state index is 13.9. The first-order valence-electron chi connectivity index (χ1n) is 6.78. The number of nitrogens with zero attached hydrogens (tertiary/aromatic N) is 1. The van der Waals surface area contributed by atoms with Gasteiger partial charge in [0.25, 0.3) is 0 Å². The third-order valence-corrected chi connectivity index (χ3v) is 4.10. The predicted octanol–water partition coefficient (Wildman–Crippen LogP) is 1.98. The van der Waals surface area contributed by atoms with Gasteiger partial charge in [0.2, 0.25) is 11.7 Å². The number of primary amides is 1. The number of hydrogen-bond acceptors (Lipinski definition) is 4. The molecule has 0 aliphatic carbocycles. The van der Waals surface area contributed by atoms with E-state index >= 15 is 0 Å². The molecular formula is C14H15F5N2O3. The van der Waals surface area contributed by atoms with Gasteiger partial charge in [-0.25, -0.2) is 4.39 Å². The number of nitrogens with two attached hydrogens (primary N) is 1. The molecule has 24 heavy (non-hydrogen) atoms. The molecule has 1 aromatic rings. The maximum atomic E-state index is 13.9. The molecule has 5 nitrogen and oxygen atoms in total. The summed E-state index contributed by atoms with van der Waals surface area (Å²) < 4.78 is 76.8. The lowest BCUT2D eigenvalue weighted by Gasteiger charge is -2.30. The Kier molecular flexibility index (Phi) is 4.62. The van der Waals surface area contributed by atoms with Gasteiger partial charge in [-0.05, 0) is 12.1 Å². The maximum Gasteiger partial charge on any atom is 0.419 e. The molecule has 10 heteroatoms. The van der Waals surface area contributed by atoms with Crippen molar-refractivity contribution in [3.8, 4) is 5.75 Å². The second kappa shape index (κ2) is 6.08. The lowest BCUT2D eigenvalue weighted by Crippen LogP contribution is -2.49. The van der Waals surface area contributed by atoms with Crippen molar-refractivity contribution in [1.82, 2.24) is 0 Å². The second-order valence-corrected chi connectivity index (χ2v) is 5.36. The quantitative estimate of drug-likeness (QED) is 0.840. The van der Waals surface area contributed by atoms with Crippen LogP contribution in [0.3, 0.4) is 0 Å². The summed E-state index contributed by atoms with van der Waals surface area (Å²) in [4.78, 5) is 12.5. The second-order valence-electron chi connectivity index (χ2n) is 5.36. The Balaban J connectivity index is 2.57. The summed E-state index contributed by atoms with van der Waals surface area (Å²) in [5.41, 5.74) is 2.31. The van der Waals surface area contributed by atoms with E-state index in [2.05, 4.69) is 4.74 Å². The summed E-state index contributed by atoms with van der Waals surface area (Å²) in [7, 11) is 1.89. The molecule has 0 aromatic heterocycles.